The van der Waals surface area contributed by atoms with Crippen molar-refractivity contribution >= 4 is 34.6 Å². The molecule has 2 N–H and O–H groups in total. The van der Waals surface area contributed by atoms with Gasteiger partial charge >= 0.3 is 11.9 Å². The lowest BCUT2D eigenvalue weighted by Crippen LogP contribution is -2.36. The van der Waals surface area contributed by atoms with Crippen LogP contribution in [0.15, 0.2) is 77.9 Å². The second-order valence-electron chi connectivity index (χ2n) is 11.8. The van der Waals surface area contributed by atoms with Crippen molar-refractivity contribution in [2.24, 2.45) is 0 Å². The van der Waals surface area contributed by atoms with Gasteiger partial charge < -0.3 is 24.8 Å². The lowest BCUT2D eigenvalue weighted by atomic mass is 10.1. The van der Waals surface area contributed by atoms with E-state index in [1.165, 1.54) is 33.8 Å². The third-order valence-corrected chi connectivity index (χ3v) is 8.81. The molecule has 3 aromatic carbocycles. The summed E-state index contributed by atoms with van der Waals surface area (Å²) in [6.07, 6.45) is -3.11. The molecule has 1 fully saturated rings. The van der Waals surface area contributed by atoms with Gasteiger partial charge in [-0.05, 0) is 84.4 Å². The number of aromatic nitrogens is 7. The molecule has 3 heterocycles. The summed E-state index contributed by atoms with van der Waals surface area (Å²) in [5.74, 6) is -2.50. The molecule has 270 valence electrons. The average molecular weight is 749 g/mol. The summed E-state index contributed by atoms with van der Waals surface area (Å²) in [6, 6.07) is 19.4. The second-order valence-corrected chi connectivity index (χ2v) is 12.7. The number of rotatable bonds is 14. The predicted molar refractivity (Wildman–Crippen MR) is 184 cm³/mol. The summed E-state index contributed by atoms with van der Waals surface area (Å²) >= 11 is 12.5. The number of nitrogens with one attached hydrogen (secondary N) is 2. The molecule has 0 spiro atoms. The predicted octanol–water partition coefficient (Wildman–Crippen LogP) is 6.19. The quantitative estimate of drug-likeness (QED) is 0.127. The van der Waals surface area contributed by atoms with Crippen LogP contribution in [0.2, 0.25) is 10.0 Å². The first kappa shape index (κ1) is 36.2. The average Bonchev–Trinajstić information content (AvgIpc) is 3.85. The van der Waals surface area contributed by atoms with E-state index in [0.717, 1.165) is 23.5 Å². The van der Waals surface area contributed by atoms with E-state index in [1.54, 1.807) is 12.1 Å². The topological polar surface area (TPSA) is 135 Å². The molecule has 0 amide bonds. The Labute approximate surface area is 300 Å². The summed E-state index contributed by atoms with van der Waals surface area (Å²) < 4.78 is 62.4. The van der Waals surface area contributed by atoms with Crippen molar-refractivity contribution in [3.63, 3.8) is 0 Å². The van der Waals surface area contributed by atoms with Gasteiger partial charge in [0.1, 0.15) is 31.3 Å². The van der Waals surface area contributed by atoms with Gasteiger partial charge in [0, 0.05) is 35.1 Å². The Kier molecular flexibility index (Phi) is 10.9. The summed E-state index contributed by atoms with van der Waals surface area (Å²) in [7, 11) is 0. The summed E-state index contributed by atoms with van der Waals surface area (Å²) in [4.78, 5) is 12.7. The fourth-order valence-electron chi connectivity index (χ4n) is 5.45. The standard InChI is InChI=1S/C33H34Cl2F3N9O4/c1-3-21(2)47-31(48)45(20-41-47)25-9-5-23(6-10-25)39-14-15-40-24-7-11-26(12-8-24)49-17-27-18-50-32(51-27,28-13-4-22(34)16-29(28)35)19-46-30(33(36,37)38)42-43-44-46/h4-13,16,20-21,27,39-40H,3,14-15,17-19H2,1-2H3/t21?,27-,32-/m1/s1. The van der Waals surface area contributed by atoms with Crippen molar-refractivity contribution in [1.29, 1.82) is 0 Å². The Balaban J connectivity index is 0.999. The van der Waals surface area contributed by atoms with Gasteiger partial charge in [0.2, 0.25) is 5.79 Å². The molecule has 2 aromatic heterocycles. The normalized spacial score (nSPS) is 18.1. The SMILES string of the molecule is CCC(C)n1ncn(-c2ccc(NCCNc3ccc(OC[C@@H]4CO[C@@](Cn5nnnc5C(F)(F)F)(c5ccc(Cl)cc5Cl)O4)cc3)cc2)c1=O. The number of halogens is 5. The van der Waals surface area contributed by atoms with Crippen LogP contribution in [-0.2, 0) is 28.0 Å². The Morgan fingerprint density at radius 2 is 1.73 bits per heavy atom. The Morgan fingerprint density at radius 1 is 1.04 bits per heavy atom. The van der Waals surface area contributed by atoms with Crippen LogP contribution in [0.1, 0.15) is 37.7 Å². The molecule has 6 rings (SSSR count). The lowest BCUT2D eigenvalue weighted by molar-refractivity contribution is -0.196. The van der Waals surface area contributed by atoms with Gasteiger partial charge in [0.05, 0.1) is 23.4 Å². The molecule has 1 unspecified atom stereocenters. The van der Waals surface area contributed by atoms with Crippen LogP contribution in [0, 0.1) is 0 Å². The van der Waals surface area contributed by atoms with Gasteiger partial charge in [0.15, 0.2) is 0 Å². The van der Waals surface area contributed by atoms with E-state index in [0.29, 0.717) is 28.5 Å². The molecule has 51 heavy (non-hydrogen) atoms. The van der Waals surface area contributed by atoms with Crippen molar-refractivity contribution in [2.75, 3.05) is 36.9 Å². The number of hydrogen-bond acceptors (Lipinski definition) is 10. The van der Waals surface area contributed by atoms with Gasteiger partial charge in [-0.3, -0.25) is 0 Å². The van der Waals surface area contributed by atoms with E-state index >= 15 is 0 Å². The van der Waals surface area contributed by atoms with Crippen LogP contribution < -0.4 is 21.1 Å². The highest BCUT2D eigenvalue weighted by molar-refractivity contribution is 6.35. The minimum atomic E-state index is -4.80. The molecular weight excluding hydrogens is 714 g/mol. The van der Waals surface area contributed by atoms with Crippen LogP contribution in [0.5, 0.6) is 5.75 Å². The van der Waals surface area contributed by atoms with Crippen LogP contribution >= 0.6 is 23.2 Å². The van der Waals surface area contributed by atoms with Crippen LogP contribution in [0.4, 0.5) is 24.5 Å². The van der Waals surface area contributed by atoms with E-state index in [2.05, 4.69) is 31.3 Å². The van der Waals surface area contributed by atoms with E-state index in [9.17, 15) is 18.0 Å². The zero-order valence-electron chi connectivity index (χ0n) is 27.5. The monoisotopic (exact) mass is 747 g/mol. The zero-order valence-corrected chi connectivity index (χ0v) is 29.0. The van der Waals surface area contributed by atoms with Crippen LogP contribution in [0.25, 0.3) is 5.69 Å². The third-order valence-electron chi connectivity index (χ3n) is 8.27. The van der Waals surface area contributed by atoms with Crippen molar-refractivity contribution in [1.82, 2.24) is 34.6 Å². The van der Waals surface area contributed by atoms with Crippen LogP contribution in [0.3, 0.4) is 0 Å². The molecule has 13 nitrogen and oxygen atoms in total. The Morgan fingerprint density at radius 3 is 2.37 bits per heavy atom. The number of nitrogens with zero attached hydrogens (tertiary/aromatic N) is 7. The van der Waals surface area contributed by atoms with Crippen molar-refractivity contribution in [2.45, 2.75) is 50.9 Å². The first-order valence-electron chi connectivity index (χ1n) is 16.0. The minimum absolute atomic E-state index is 0.000720. The number of hydrogen-bond donors (Lipinski definition) is 2. The number of benzene rings is 3. The molecular formula is C33H34Cl2F3N9O4. The first-order valence-corrected chi connectivity index (χ1v) is 16.8. The van der Waals surface area contributed by atoms with Crippen molar-refractivity contribution in [3.8, 4) is 11.4 Å². The summed E-state index contributed by atoms with van der Waals surface area (Å²) in [6.45, 7) is 4.75. The molecule has 1 saturated heterocycles. The smallest absolute Gasteiger partial charge is 0.453 e. The van der Waals surface area contributed by atoms with Crippen LogP contribution in [-0.4, -0.2) is 67.0 Å². The first-order chi connectivity index (χ1) is 24.5. The number of anilines is 2. The summed E-state index contributed by atoms with van der Waals surface area (Å²) in [5, 5.41) is 21.2. The van der Waals surface area contributed by atoms with Gasteiger partial charge in [-0.2, -0.15) is 18.3 Å². The maximum absolute atomic E-state index is 13.6. The van der Waals surface area contributed by atoms with E-state index in [1.807, 2.05) is 50.2 Å². The van der Waals surface area contributed by atoms with E-state index in [4.69, 9.17) is 37.4 Å². The van der Waals surface area contributed by atoms with Crippen molar-refractivity contribution < 1.29 is 27.4 Å². The lowest BCUT2D eigenvalue weighted by Gasteiger charge is -2.29. The highest BCUT2D eigenvalue weighted by Crippen LogP contribution is 2.41. The fraction of sp³-hybridized carbons (Fsp3) is 0.364. The maximum atomic E-state index is 13.6. The molecule has 1 aliphatic rings. The number of ether oxygens (including phenoxy) is 3. The van der Waals surface area contributed by atoms with E-state index in [-0.39, 0.29) is 35.5 Å². The molecule has 18 heteroatoms. The third kappa shape index (κ3) is 8.30. The minimum Gasteiger partial charge on any atom is -0.491 e. The molecule has 0 radical (unpaired) electrons. The highest BCUT2D eigenvalue weighted by atomic mass is 35.5. The fourth-order valence-corrected chi connectivity index (χ4v) is 6.00. The number of tetrazole rings is 1. The van der Waals surface area contributed by atoms with E-state index < -0.39 is 30.4 Å². The largest absolute Gasteiger partial charge is 0.491 e. The Hall–Kier alpha value is -4.64. The van der Waals surface area contributed by atoms with Gasteiger partial charge in [-0.15, -0.1) is 5.10 Å². The zero-order chi connectivity index (χ0) is 36.2. The van der Waals surface area contributed by atoms with Crippen molar-refractivity contribution in [3.05, 3.63) is 105 Å². The molecule has 0 aliphatic carbocycles. The Bertz CT molecular complexity index is 1990. The molecule has 1 aliphatic heterocycles. The molecule has 3 atom stereocenters. The number of alkyl halides is 3. The summed E-state index contributed by atoms with van der Waals surface area (Å²) in [5.41, 5.74) is 2.61. The van der Waals surface area contributed by atoms with Gasteiger partial charge in [0.25, 0.3) is 5.82 Å². The second kappa shape index (κ2) is 15.3. The highest BCUT2D eigenvalue weighted by Gasteiger charge is 2.48. The van der Waals surface area contributed by atoms with Gasteiger partial charge in [-0.1, -0.05) is 36.2 Å². The maximum Gasteiger partial charge on any atom is 0.453 e. The molecule has 0 bridgehead atoms. The molecule has 5 aromatic rings. The van der Waals surface area contributed by atoms with Gasteiger partial charge in [-0.25, -0.2) is 18.7 Å². The molecule has 0 saturated carbocycles.